The van der Waals surface area contributed by atoms with Crippen LogP contribution in [0.2, 0.25) is 5.02 Å². The Bertz CT molecular complexity index is 482. The van der Waals surface area contributed by atoms with Crippen LogP contribution in [0.25, 0.3) is 0 Å². The largest absolute Gasteiger partial charge is 0.384 e. The molecule has 1 atom stereocenters. The number of halogens is 3. The van der Waals surface area contributed by atoms with Crippen LogP contribution >= 0.6 is 34.8 Å². The van der Waals surface area contributed by atoms with Crippen LogP contribution in [-0.2, 0) is 9.84 Å². The van der Waals surface area contributed by atoms with E-state index in [9.17, 15) is 13.5 Å². The highest BCUT2D eigenvalue weighted by molar-refractivity contribution is 7.95. The SMILES string of the molecule is CCS(=O)(=O)C(Cl)(Cl)[C@@H](O)c1ccc(Cl)cc1. The summed E-state index contributed by atoms with van der Waals surface area (Å²) in [5.74, 6) is -0.259. The molecule has 0 unspecified atom stereocenters. The number of hydrogen-bond donors (Lipinski definition) is 1. The summed E-state index contributed by atoms with van der Waals surface area (Å²) in [5, 5.41) is 10.4. The van der Waals surface area contributed by atoms with Crippen LogP contribution in [0.5, 0.6) is 0 Å². The number of alkyl halides is 2. The second-order valence-electron chi connectivity index (χ2n) is 3.42. The summed E-state index contributed by atoms with van der Waals surface area (Å²) in [6.07, 6.45) is -1.53. The Hall–Kier alpha value is -0.000000000000000111. The van der Waals surface area contributed by atoms with E-state index in [2.05, 4.69) is 0 Å². The molecule has 7 heteroatoms. The zero-order valence-electron chi connectivity index (χ0n) is 8.90. The zero-order valence-corrected chi connectivity index (χ0v) is 12.0. The normalized spacial score (nSPS) is 14.6. The Balaban J connectivity index is 3.12. The van der Waals surface area contributed by atoms with Gasteiger partial charge in [0, 0.05) is 5.02 Å². The first kappa shape index (κ1) is 15.1. The first-order chi connectivity index (χ1) is 7.72. The lowest BCUT2D eigenvalue weighted by Gasteiger charge is -2.25. The van der Waals surface area contributed by atoms with Crippen molar-refractivity contribution in [2.45, 2.75) is 16.7 Å². The van der Waals surface area contributed by atoms with Crippen LogP contribution in [0.1, 0.15) is 18.6 Å². The maximum atomic E-state index is 11.7. The summed E-state index contributed by atoms with van der Waals surface area (Å²) in [7, 11) is -3.81. The molecular formula is C10H11Cl3O3S. The molecule has 0 fully saturated rings. The molecule has 3 nitrogen and oxygen atoms in total. The molecule has 0 bridgehead atoms. The van der Waals surface area contributed by atoms with Crippen molar-refractivity contribution < 1.29 is 13.5 Å². The van der Waals surface area contributed by atoms with Gasteiger partial charge in [-0.25, -0.2) is 8.42 Å². The molecule has 0 radical (unpaired) electrons. The molecule has 0 saturated carbocycles. The molecular weight excluding hydrogens is 307 g/mol. The molecule has 0 saturated heterocycles. The van der Waals surface area contributed by atoms with Crippen molar-refractivity contribution in [1.82, 2.24) is 0 Å². The third-order valence-corrected chi connectivity index (χ3v) is 6.19. The van der Waals surface area contributed by atoms with Gasteiger partial charge in [-0.2, -0.15) is 0 Å². The summed E-state index contributed by atoms with van der Waals surface area (Å²) in [6.45, 7) is 1.41. The van der Waals surface area contributed by atoms with Gasteiger partial charge in [0.2, 0.25) is 3.67 Å². The van der Waals surface area contributed by atoms with Crippen molar-refractivity contribution >= 4 is 44.6 Å². The summed E-state index contributed by atoms with van der Waals surface area (Å²) >= 11 is 17.2. The smallest absolute Gasteiger partial charge is 0.247 e. The lowest BCUT2D eigenvalue weighted by Crippen LogP contribution is -2.34. The first-order valence-electron chi connectivity index (χ1n) is 4.76. The molecule has 0 aliphatic carbocycles. The van der Waals surface area contributed by atoms with Gasteiger partial charge in [0.25, 0.3) is 0 Å². The Kier molecular flexibility index (Phi) is 4.72. The van der Waals surface area contributed by atoms with Gasteiger partial charge in [-0.1, -0.05) is 53.9 Å². The van der Waals surface area contributed by atoms with Crippen LogP contribution in [0, 0.1) is 0 Å². The second kappa shape index (κ2) is 5.33. The molecule has 0 amide bonds. The molecule has 1 N–H and O–H groups in total. The Morgan fingerprint density at radius 2 is 1.76 bits per heavy atom. The number of sulfone groups is 1. The summed E-state index contributed by atoms with van der Waals surface area (Å²) in [4.78, 5) is 0. The van der Waals surface area contributed by atoms with Crippen LogP contribution < -0.4 is 0 Å². The predicted molar refractivity (Wildman–Crippen MR) is 70.3 cm³/mol. The number of aliphatic hydroxyl groups excluding tert-OH is 1. The minimum absolute atomic E-state index is 0.259. The first-order valence-corrected chi connectivity index (χ1v) is 7.54. The van der Waals surface area contributed by atoms with Crippen molar-refractivity contribution in [3.8, 4) is 0 Å². The number of benzene rings is 1. The molecule has 17 heavy (non-hydrogen) atoms. The highest BCUT2D eigenvalue weighted by Gasteiger charge is 2.46. The molecule has 0 heterocycles. The van der Waals surface area contributed by atoms with Gasteiger partial charge < -0.3 is 5.11 Å². The van der Waals surface area contributed by atoms with Crippen molar-refractivity contribution in [3.63, 3.8) is 0 Å². The third-order valence-electron chi connectivity index (χ3n) is 2.30. The molecule has 0 aromatic heterocycles. The number of aliphatic hydroxyl groups is 1. The van der Waals surface area contributed by atoms with E-state index in [4.69, 9.17) is 34.8 Å². The molecule has 1 aromatic rings. The van der Waals surface area contributed by atoms with E-state index in [0.29, 0.717) is 5.02 Å². The van der Waals surface area contributed by atoms with E-state index in [-0.39, 0.29) is 11.3 Å². The minimum atomic E-state index is -3.81. The second-order valence-corrected chi connectivity index (χ2v) is 8.14. The lowest BCUT2D eigenvalue weighted by molar-refractivity contribution is 0.181. The van der Waals surface area contributed by atoms with Crippen LogP contribution in [-0.4, -0.2) is 22.9 Å². The monoisotopic (exact) mass is 316 g/mol. The van der Waals surface area contributed by atoms with Gasteiger partial charge in [-0.05, 0) is 17.7 Å². The summed E-state index contributed by atoms with van der Waals surface area (Å²) in [6, 6.07) is 5.97. The fourth-order valence-corrected chi connectivity index (χ4v) is 3.10. The topological polar surface area (TPSA) is 54.4 Å². The average molecular weight is 318 g/mol. The maximum absolute atomic E-state index is 11.7. The average Bonchev–Trinajstić information content (AvgIpc) is 2.28. The number of rotatable bonds is 4. The highest BCUT2D eigenvalue weighted by atomic mass is 35.5. The van der Waals surface area contributed by atoms with Gasteiger partial charge in [0.05, 0.1) is 5.75 Å². The quantitative estimate of drug-likeness (QED) is 0.869. The van der Waals surface area contributed by atoms with E-state index in [1.165, 1.54) is 31.2 Å². The molecule has 0 spiro atoms. The minimum Gasteiger partial charge on any atom is -0.384 e. The van der Waals surface area contributed by atoms with E-state index in [1.54, 1.807) is 0 Å². The van der Waals surface area contributed by atoms with Gasteiger partial charge in [0.15, 0.2) is 9.84 Å². The van der Waals surface area contributed by atoms with Crippen molar-refractivity contribution in [3.05, 3.63) is 34.9 Å². The van der Waals surface area contributed by atoms with Gasteiger partial charge >= 0.3 is 0 Å². The van der Waals surface area contributed by atoms with Gasteiger partial charge in [0.1, 0.15) is 6.10 Å². The maximum Gasteiger partial charge on any atom is 0.247 e. The van der Waals surface area contributed by atoms with Crippen molar-refractivity contribution in [1.29, 1.82) is 0 Å². The van der Waals surface area contributed by atoms with Gasteiger partial charge in [-0.15, -0.1) is 0 Å². The molecule has 1 rings (SSSR count). The zero-order chi connectivity index (χ0) is 13.3. The Morgan fingerprint density at radius 3 is 2.18 bits per heavy atom. The van der Waals surface area contributed by atoms with Crippen LogP contribution in [0.4, 0.5) is 0 Å². The predicted octanol–water partition coefficient (Wildman–Crippen LogP) is 2.94. The highest BCUT2D eigenvalue weighted by Crippen LogP contribution is 2.41. The number of hydrogen-bond acceptors (Lipinski definition) is 3. The fourth-order valence-electron chi connectivity index (χ4n) is 1.20. The Morgan fingerprint density at radius 1 is 1.29 bits per heavy atom. The molecule has 0 aliphatic rings. The molecule has 0 aliphatic heterocycles. The summed E-state index contributed by atoms with van der Waals surface area (Å²) in [5.41, 5.74) is 0.288. The van der Waals surface area contributed by atoms with Gasteiger partial charge in [-0.3, -0.25) is 0 Å². The standard InChI is InChI=1S/C10H11Cl3O3S/c1-2-17(15,16)10(12,13)9(14)7-3-5-8(11)6-4-7/h3-6,9,14H,2H2,1H3/t9-/m0/s1. The van der Waals surface area contributed by atoms with Crippen molar-refractivity contribution in [2.24, 2.45) is 0 Å². The lowest BCUT2D eigenvalue weighted by atomic mass is 10.1. The van der Waals surface area contributed by atoms with Crippen molar-refractivity contribution in [2.75, 3.05) is 5.75 Å². The van der Waals surface area contributed by atoms with Crippen LogP contribution in [0.15, 0.2) is 24.3 Å². The Labute approximate surface area is 115 Å². The van der Waals surface area contributed by atoms with E-state index in [0.717, 1.165) is 0 Å². The summed E-state index contributed by atoms with van der Waals surface area (Å²) < 4.78 is 21.0. The molecule has 1 aromatic carbocycles. The van der Waals surface area contributed by atoms with E-state index >= 15 is 0 Å². The fraction of sp³-hybridized carbons (Fsp3) is 0.400. The third kappa shape index (κ3) is 3.06. The van der Waals surface area contributed by atoms with E-state index in [1.807, 2.05) is 0 Å². The van der Waals surface area contributed by atoms with E-state index < -0.39 is 19.6 Å². The molecule has 96 valence electrons. The van der Waals surface area contributed by atoms with Crippen LogP contribution in [0.3, 0.4) is 0 Å².